The zero-order valence-corrected chi connectivity index (χ0v) is 18.2. The molecule has 1 amide bonds. The van der Waals surface area contributed by atoms with Crippen LogP contribution in [0.1, 0.15) is 36.4 Å². The Morgan fingerprint density at radius 3 is 2.63 bits per heavy atom. The summed E-state index contributed by atoms with van der Waals surface area (Å²) in [5.41, 5.74) is 0.831. The Bertz CT molecular complexity index is 819. The first kappa shape index (κ1) is 23.1. The molecule has 0 aliphatic heterocycles. The van der Waals surface area contributed by atoms with Crippen molar-refractivity contribution in [1.29, 1.82) is 0 Å². The summed E-state index contributed by atoms with van der Waals surface area (Å²) in [7, 11) is 1.63. The molecule has 0 spiro atoms. The summed E-state index contributed by atoms with van der Waals surface area (Å²) in [5, 5.41) is 9.33. The molecule has 0 bridgehead atoms. The monoisotopic (exact) mass is 416 g/mol. The van der Waals surface area contributed by atoms with E-state index < -0.39 is 0 Å². The molecular weight excluding hydrogens is 384 g/mol. The minimum atomic E-state index is -0.193. The highest BCUT2D eigenvalue weighted by Crippen LogP contribution is 2.19. The molecule has 0 aliphatic rings. The van der Waals surface area contributed by atoms with Gasteiger partial charge in [0.05, 0.1) is 19.9 Å². The number of hydrogen-bond donors (Lipinski definition) is 3. The SMILES string of the molecule is CCNC(=NCC(C)Oc1cccc(OC)c1)NCCCNC(=O)c1occc1C. The van der Waals surface area contributed by atoms with Crippen molar-refractivity contribution in [1.82, 2.24) is 16.0 Å². The van der Waals surface area contributed by atoms with Gasteiger partial charge in [0, 0.05) is 31.3 Å². The average molecular weight is 417 g/mol. The van der Waals surface area contributed by atoms with Crippen LogP contribution in [0.25, 0.3) is 0 Å². The van der Waals surface area contributed by atoms with E-state index in [-0.39, 0.29) is 12.0 Å². The van der Waals surface area contributed by atoms with E-state index in [4.69, 9.17) is 13.9 Å². The Morgan fingerprint density at radius 1 is 1.17 bits per heavy atom. The van der Waals surface area contributed by atoms with E-state index in [1.165, 1.54) is 6.26 Å². The molecule has 30 heavy (non-hydrogen) atoms. The first-order chi connectivity index (χ1) is 14.5. The van der Waals surface area contributed by atoms with Crippen molar-refractivity contribution in [3.8, 4) is 11.5 Å². The second-order valence-electron chi connectivity index (χ2n) is 6.80. The molecule has 1 aromatic carbocycles. The molecule has 0 saturated carbocycles. The summed E-state index contributed by atoms with van der Waals surface area (Å²) >= 11 is 0. The molecule has 8 nitrogen and oxygen atoms in total. The van der Waals surface area contributed by atoms with Gasteiger partial charge in [-0.15, -0.1) is 0 Å². The van der Waals surface area contributed by atoms with Crippen LogP contribution >= 0.6 is 0 Å². The molecule has 8 heteroatoms. The summed E-state index contributed by atoms with van der Waals surface area (Å²) in [6, 6.07) is 9.28. The average Bonchev–Trinajstić information content (AvgIpc) is 3.17. The number of carbonyl (C=O) groups excluding carboxylic acids is 1. The third-order valence-electron chi connectivity index (χ3n) is 4.23. The number of amides is 1. The molecule has 0 aliphatic carbocycles. The number of guanidine groups is 1. The maximum Gasteiger partial charge on any atom is 0.287 e. The van der Waals surface area contributed by atoms with Crippen molar-refractivity contribution in [2.75, 3.05) is 33.3 Å². The first-order valence-electron chi connectivity index (χ1n) is 10.2. The van der Waals surface area contributed by atoms with Gasteiger partial charge in [0.1, 0.15) is 17.6 Å². The van der Waals surface area contributed by atoms with Crippen LogP contribution in [0.15, 0.2) is 46.0 Å². The minimum Gasteiger partial charge on any atom is -0.497 e. The van der Waals surface area contributed by atoms with Crippen LogP contribution in [0.2, 0.25) is 0 Å². The lowest BCUT2D eigenvalue weighted by atomic mass is 10.2. The number of aryl methyl sites for hydroxylation is 1. The number of nitrogens with zero attached hydrogens (tertiary/aromatic N) is 1. The lowest BCUT2D eigenvalue weighted by Crippen LogP contribution is -2.39. The summed E-state index contributed by atoms with van der Waals surface area (Å²) in [4.78, 5) is 16.6. The number of methoxy groups -OCH3 is 1. The van der Waals surface area contributed by atoms with Gasteiger partial charge in [0.2, 0.25) is 0 Å². The molecule has 2 rings (SSSR count). The zero-order chi connectivity index (χ0) is 21.8. The summed E-state index contributed by atoms with van der Waals surface area (Å²) in [6.45, 7) is 8.30. The van der Waals surface area contributed by atoms with Crippen LogP contribution in [0.5, 0.6) is 11.5 Å². The highest BCUT2D eigenvalue weighted by molar-refractivity contribution is 5.92. The van der Waals surface area contributed by atoms with Crippen LogP contribution in [0.3, 0.4) is 0 Å². The fourth-order valence-electron chi connectivity index (χ4n) is 2.69. The standard InChI is InChI=1S/C22H32N4O4/c1-5-23-22(25-12-7-11-24-21(27)20-16(2)10-13-29-20)26-15-17(3)30-19-9-6-8-18(14-19)28-4/h6,8-10,13-14,17H,5,7,11-12,15H2,1-4H3,(H,24,27)(H2,23,25,26). The number of rotatable bonds is 11. The van der Waals surface area contributed by atoms with Crippen LogP contribution in [0, 0.1) is 6.92 Å². The molecule has 1 heterocycles. The Morgan fingerprint density at radius 2 is 1.93 bits per heavy atom. The van der Waals surface area contributed by atoms with Crippen molar-refractivity contribution in [3.05, 3.63) is 47.9 Å². The number of nitrogens with one attached hydrogen (secondary N) is 3. The second kappa shape index (κ2) is 12.4. The molecule has 2 aromatic rings. The zero-order valence-electron chi connectivity index (χ0n) is 18.2. The van der Waals surface area contributed by atoms with E-state index in [9.17, 15) is 4.79 Å². The summed E-state index contributed by atoms with van der Waals surface area (Å²) in [5.74, 6) is 2.39. The largest absolute Gasteiger partial charge is 0.497 e. The number of carbonyl (C=O) groups is 1. The van der Waals surface area contributed by atoms with E-state index in [0.29, 0.717) is 31.4 Å². The highest BCUT2D eigenvalue weighted by Gasteiger charge is 2.11. The van der Waals surface area contributed by atoms with E-state index in [2.05, 4.69) is 20.9 Å². The molecule has 0 saturated heterocycles. The van der Waals surface area contributed by atoms with Crippen LogP contribution in [-0.4, -0.2) is 51.3 Å². The number of hydrogen-bond acceptors (Lipinski definition) is 5. The van der Waals surface area contributed by atoms with Gasteiger partial charge in [0.25, 0.3) is 5.91 Å². The van der Waals surface area contributed by atoms with Gasteiger partial charge in [-0.05, 0) is 45.4 Å². The minimum absolute atomic E-state index is 0.0941. The van der Waals surface area contributed by atoms with Gasteiger partial charge < -0.3 is 29.8 Å². The topological polar surface area (TPSA) is 97.1 Å². The first-order valence-corrected chi connectivity index (χ1v) is 10.2. The third-order valence-corrected chi connectivity index (χ3v) is 4.23. The Labute approximate surface area is 178 Å². The van der Waals surface area contributed by atoms with E-state index >= 15 is 0 Å². The maximum absolute atomic E-state index is 12.0. The molecule has 164 valence electrons. The fraction of sp³-hybridized carbons (Fsp3) is 0.455. The number of furan rings is 1. The molecule has 1 atom stereocenters. The number of aliphatic imine (C=N–C) groups is 1. The summed E-state index contributed by atoms with van der Waals surface area (Å²) in [6.07, 6.45) is 2.18. The maximum atomic E-state index is 12.0. The van der Waals surface area contributed by atoms with E-state index in [1.54, 1.807) is 13.2 Å². The van der Waals surface area contributed by atoms with Gasteiger partial charge in [-0.3, -0.25) is 4.79 Å². The Kier molecular flexibility index (Phi) is 9.57. The predicted molar refractivity (Wildman–Crippen MR) is 117 cm³/mol. The molecular formula is C22H32N4O4. The number of benzene rings is 1. The fourth-order valence-corrected chi connectivity index (χ4v) is 2.69. The van der Waals surface area contributed by atoms with E-state index in [0.717, 1.165) is 30.0 Å². The van der Waals surface area contributed by atoms with Gasteiger partial charge in [-0.1, -0.05) is 6.07 Å². The van der Waals surface area contributed by atoms with Crippen LogP contribution < -0.4 is 25.4 Å². The number of ether oxygens (including phenoxy) is 2. The smallest absolute Gasteiger partial charge is 0.287 e. The van der Waals surface area contributed by atoms with Crippen molar-refractivity contribution in [2.45, 2.75) is 33.3 Å². The highest BCUT2D eigenvalue weighted by atomic mass is 16.5. The van der Waals surface area contributed by atoms with Crippen molar-refractivity contribution >= 4 is 11.9 Å². The molecule has 3 N–H and O–H groups in total. The van der Waals surface area contributed by atoms with Crippen molar-refractivity contribution in [2.24, 2.45) is 4.99 Å². The van der Waals surface area contributed by atoms with Gasteiger partial charge in [-0.25, -0.2) is 4.99 Å². The van der Waals surface area contributed by atoms with Crippen LogP contribution in [-0.2, 0) is 0 Å². The van der Waals surface area contributed by atoms with Crippen molar-refractivity contribution < 1.29 is 18.7 Å². The van der Waals surface area contributed by atoms with E-state index in [1.807, 2.05) is 45.0 Å². The second-order valence-corrected chi connectivity index (χ2v) is 6.80. The molecule has 0 fully saturated rings. The molecule has 1 aromatic heterocycles. The Hall–Kier alpha value is -3.16. The third kappa shape index (κ3) is 7.69. The normalized spacial score (nSPS) is 12.2. The lowest BCUT2D eigenvalue weighted by Gasteiger charge is -2.15. The van der Waals surface area contributed by atoms with Gasteiger partial charge >= 0.3 is 0 Å². The van der Waals surface area contributed by atoms with Gasteiger partial charge in [-0.2, -0.15) is 0 Å². The van der Waals surface area contributed by atoms with Crippen molar-refractivity contribution in [3.63, 3.8) is 0 Å². The van der Waals surface area contributed by atoms with Gasteiger partial charge in [0.15, 0.2) is 11.7 Å². The lowest BCUT2D eigenvalue weighted by molar-refractivity contribution is 0.0925. The van der Waals surface area contributed by atoms with Crippen LogP contribution in [0.4, 0.5) is 0 Å². The molecule has 0 radical (unpaired) electrons. The Balaban J connectivity index is 1.72. The predicted octanol–water partition coefficient (Wildman–Crippen LogP) is 2.74. The quantitative estimate of drug-likeness (QED) is 0.296. The summed E-state index contributed by atoms with van der Waals surface area (Å²) < 4.78 is 16.3. The molecule has 1 unspecified atom stereocenters.